The molecule has 0 aromatic heterocycles. The third kappa shape index (κ3) is 4.54. The largest absolute Gasteiger partial charge is 0.370 e. The number of nitrogens with one attached hydrogen (secondary N) is 1. The van der Waals surface area contributed by atoms with Crippen molar-refractivity contribution in [3.05, 3.63) is 59.2 Å². The van der Waals surface area contributed by atoms with Crippen molar-refractivity contribution < 1.29 is 8.42 Å². The number of aryl methyl sites for hydroxylation is 2. The lowest BCUT2D eigenvalue weighted by Gasteiger charge is -2.21. The number of sulfonamides is 1. The summed E-state index contributed by atoms with van der Waals surface area (Å²) in [7, 11) is -1.88. The second-order valence-electron chi connectivity index (χ2n) is 7.42. The van der Waals surface area contributed by atoms with Gasteiger partial charge in [0.15, 0.2) is 5.96 Å². The van der Waals surface area contributed by atoms with Gasteiger partial charge in [-0.3, -0.25) is 0 Å². The number of nitrogens with zero attached hydrogens (tertiary/aromatic N) is 2. The number of guanidine groups is 1. The lowest BCUT2D eigenvalue weighted by atomic mass is 10.1. The molecule has 0 amide bonds. The zero-order valence-electron chi connectivity index (χ0n) is 16.6. The van der Waals surface area contributed by atoms with Crippen LogP contribution in [0.1, 0.15) is 37.0 Å². The lowest BCUT2D eigenvalue weighted by molar-refractivity contribution is 0.410. The molecule has 150 valence electrons. The Hall–Kier alpha value is -2.38. The van der Waals surface area contributed by atoms with Gasteiger partial charge in [-0.2, -0.15) is 4.31 Å². The minimum Gasteiger partial charge on any atom is -0.370 e. The Labute approximate surface area is 167 Å². The molecular formula is C21H28N4O2S. The minimum atomic E-state index is -3.47. The summed E-state index contributed by atoms with van der Waals surface area (Å²) in [5.41, 5.74) is 10.6. The molecule has 0 aliphatic heterocycles. The molecule has 1 aliphatic carbocycles. The van der Waals surface area contributed by atoms with E-state index in [1.165, 1.54) is 21.9 Å². The standard InChI is InChI=1S/C21H28N4O2S/c1-15(2)25(3)28(26,27)20-11-7-16(8-12-20)14-23-21(22)24-19-10-9-17-5-4-6-18(17)13-19/h7-13,15H,4-6,14H2,1-3H3,(H3,22,23,24). The first kappa shape index (κ1) is 20.4. The maximum absolute atomic E-state index is 12.5. The van der Waals surface area contributed by atoms with E-state index in [1.807, 2.05) is 19.9 Å². The normalized spacial score (nSPS) is 14.5. The highest BCUT2D eigenvalue weighted by molar-refractivity contribution is 7.89. The first-order chi connectivity index (χ1) is 13.3. The van der Waals surface area contributed by atoms with Gasteiger partial charge in [0.2, 0.25) is 10.0 Å². The van der Waals surface area contributed by atoms with Crippen LogP contribution in [0.15, 0.2) is 52.4 Å². The van der Waals surface area contributed by atoms with Crippen molar-refractivity contribution in [3.8, 4) is 0 Å². The highest BCUT2D eigenvalue weighted by Crippen LogP contribution is 2.24. The van der Waals surface area contributed by atoms with Crippen molar-refractivity contribution in [2.24, 2.45) is 10.7 Å². The number of fused-ring (bicyclic) bond motifs is 1. The summed E-state index contributed by atoms with van der Waals surface area (Å²) in [4.78, 5) is 4.64. The number of benzene rings is 2. The van der Waals surface area contributed by atoms with Crippen molar-refractivity contribution >= 4 is 21.7 Å². The molecule has 3 rings (SSSR count). The van der Waals surface area contributed by atoms with Gasteiger partial charge in [0.1, 0.15) is 0 Å². The average molecular weight is 401 g/mol. The van der Waals surface area contributed by atoms with Crippen molar-refractivity contribution in [3.63, 3.8) is 0 Å². The van der Waals surface area contributed by atoms with Crippen LogP contribution in [0.3, 0.4) is 0 Å². The summed E-state index contributed by atoms with van der Waals surface area (Å²) >= 11 is 0. The molecule has 0 unspecified atom stereocenters. The Morgan fingerprint density at radius 3 is 2.50 bits per heavy atom. The van der Waals surface area contributed by atoms with Gasteiger partial charge in [0.05, 0.1) is 11.4 Å². The number of nitrogens with two attached hydrogens (primary N) is 1. The summed E-state index contributed by atoms with van der Waals surface area (Å²) in [5, 5.41) is 3.13. The van der Waals surface area contributed by atoms with Gasteiger partial charge in [-0.25, -0.2) is 13.4 Å². The molecule has 1 aliphatic rings. The molecule has 7 heteroatoms. The number of hydrogen-bond donors (Lipinski definition) is 2. The quantitative estimate of drug-likeness (QED) is 0.576. The van der Waals surface area contributed by atoms with Gasteiger partial charge in [0, 0.05) is 18.8 Å². The third-order valence-corrected chi connectivity index (χ3v) is 7.18. The predicted octanol–water partition coefficient (Wildman–Crippen LogP) is 3.13. The van der Waals surface area contributed by atoms with Crippen LogP contribution < -0.4 is 11.1 Å². The van der Waals surface area contributed by atoms with Gasteiger partial charge >= 0.3 is 0 Å². The lowest BCUT2D eigenvalue weighted by Crippen LogP contribution is -2.33. The molecule has 0 radical (unpaired) electrons. The van der Waals surface area contributed by atoms with E-state index in [0.29, 0.717) is 12.5 Å². The molecule has 0 heterocycles. The van der Waals surface area contributed by atoms with Crippen LogP contribution in [-0.4, -0.2) is 31.8 Å². The van der Waals surface area contributed by atoms with Crippen molar-refractivity contribution in [1.29, 1.82) is 0 Å². The van der Waals surface area contributed by atoms with Gasteiger partial charge in [0.25, 0.3) is 0 Å². The zero-order chi connectivity index (χ0) is 20.3. The smallest absolute Gasteiger partial charge is 0.243 e. The van der Waals surface area contributed by atoms with E-state index >= 15 is 0 Å². The highest BCUT2D eigenvalue weighted by atomic mass is 32.2. The molecule has 0 saturated heterocycles. The van der Waals surface area contributed by atoms with Crippen molar-refractivity contribution in [1.82, 2.24) is 4.31 Å². The Bertz CT molecular complexity index is 966. The molecule has 0 atom stereocenters. The molecule has 6 nitrogen and oxygen atoms in total. The summed E-state index contributed by atoms with van der Waals surface area (Å²) in [6.07, 6.45) is 3.47. The number of anilines is 1. The van der Waals surface area contributed by atoms with E-state index in [2.05, 4.69) is 22.4 Å². The molecule has 2 aromatic carbocycles. The van der Waals surface area contributed by atoms with E-state index in [-0.39, 0.29) is 10.9 Å². The first-order valence-electron chi connectivity index (χ1n) is 9.53. The summed E-state index contributed by atoms with van der Waals surface area (Å²) in [5.74, 6) is 0.342. The fourth-order valence-corrected chi connectivity index (χ4v) is 4.59. The molecule has 0 fully saturated rings. The number of rotatable bonds is 6. The van der Waals surface area contributed by atoms with Crippen LogP contribution in [-0.2, 0) is 29.4 Å². The molecule has 28 heavy (non-hydrogen) atoms. The molecule has 2 aromatic rings. The molecule has 3 N–H and O–H groups in total. The van der Waals surface area contributed by atoms with Gasteiger partial charge in [-0.15, -0.1) is 0 Å². The summed E-state index contributed by atoms with van der Waals surface area (Å²) in [6, 6.07) is 13.0. The molecular weight excluding hydrogens is 372 g/mol. The Balaban J connectivity index is 1.64. The van der Waals surface area contributed by atoms with Crippen LogP contribution in [0.2, 0.25) is 0 Å². The average Bonchev–Trinajstić information content (AvgIpc) is 3.13. The van der Waals surface area contributed by atoms with E-state index in [1.54, 1.807) is 31.3 Å². The SMILES string of the molecule is CC(C)N(C)S(=O)(=O)c1ccc(CN=C(N)Nc2ccc3c(c2)CCC3)cc1. The number of hydrogen-bond acceptors (Lipinski definition) is 3. The molecule has 0 spiro atoms. The van der Waals surface area contributed by atoms with E-state index < -0.39 is 10.0 Å². The van der Waals surface area contributed by atoms with Gasteiger partial charge < -0.3 is 11.1 Å². The van der Waals surface area contributed by atoms with Crippen LogP contribution in [0, 0.1) is 0 Å². The first-order valence-corrected chi connectivity index (χ1v) is 11.0. The van der Waals surface area contributed by atoms with Gasteiger partial charge in [-0.05, 0) is 74.1 Å². The van der Waals surface area contributed by atoms with E-state index in [4.69, 9.17) is 5.73 Å². The second kappa shape index (κ2) is 8.32. The van der Waals surface area contributed by atoms with Crippen LogP contribution in [0.5, 0.6) is 0 Å². The van der Waals surface area contributed by atoms with Crippen molar-refractivity contribution in [2.75, 3.05) is 12.4 Å². The predicted molar refractivity (Wildman–Crippen MR) is 114 cm³/mol. The Morgan fingerprint density at radius 1 is 1.14 bits per heavy atom. The fourth-order valence-electron chi connectivity index (χ4n) is 3.22. The van der Waals surface area contributed by atoms with Crippen LogP contribution in [0.25, 0.3) is 0 Å². The minimum absolute atomic E-state index is 0.0978. The monoisotopic (exact) mass is 400 g/mol. The second-order valence-corrected chi connectivity index (χ2v) is 9.42. The zero-order valence-corrected chi connectivity index (χ0v) is 17.5. The highest BCUT2D eigenvalue weighted by Gasteiger charge is 2.22. The van der Waals surface area contributed by atoms with Crippen LogP contribution >= 0.6 is 0 Å². The fraction of sp³-hybridized carbons (Fsp3) is 0.381. The molecule has 0 bridgehead atoms. The Morgan fingerprint density at radius 2 is 1.82 bits per heavy atom. The topological polar surface area (TPSA) is 87.8 Å². The maximum Gasteiger partial charge on any atom is 0.243 e. The summed E-state index contributed by atoms with van der Waals surface area (Å²) < 4.78 is 26.4. The Kier molecular flexibility index (Phi) is 6.05. The third-order valence-electron chi connectivity index (χ3n) is 5.13. The number of aliphatic imine (C=N–C) groups is 1. The van der Waals surface area contributed by atoms with E-state index in [0.717, 1.165) is 24.1 Å². The molecule has 0 saturated carbocycles. The summed E-state index contributed by atoms with van der Waals surface area (Å²) in [6.45, 7) is 4.07. The van der Waals surface area contributed by atoms with Crippen molar-refractivity contribution in [2.45, 2.75) is 50.6 Å². The maximum atomic E-state index is 12.5. The van der Waals surface area contributed by atoms with Gasteiger partial charge in [-0.1, -0.05) is 18.2 Å². The van der Waals surface area contributed by atoms with E-state index in [9.17, 15) is 8.42 Å². The van der Waals surface area contributed by atoms with Crippen LogP contribution in [0.4, 0.5) is 5.69 Å².